The maximum absolute atomic E-state index is 12.9. The van der Waals surface area contributed by atoms with E-state index < -0.39 is 6.55 Å². The number of imidazole rings is 1. The Bertz CT molecular complexity index is 677. The Morgan fingerprint density at radius 2 is 2.07 bits per heavy atom. The maximum atomic E-state index is 12.9. The van der Waals surface area contributed by atoms with E-state index in [4.69, 9.17) is 0 Å². The first-order chi connectivity index (χ1) is 13.6. The van der Waals surface area contributed by atoms with Crippen molar-refractivity contribution in [2.45, 2.75) is 64.6 Å². The monoisotopic (exact) mass is 524 g/mol. The molecule has 29 heavy (non-hydrogen) atoms. The zero-order chi connectivity index (χ0) is 19.9. The number of halogens is 3. The molecule has 0 spiro atoms. The second-order valence-electron chi connectivity index (χ2n) is 7.47. The Morgan fingerprint density at radius 3 is 2.76 bits per heavy atom. The summed E-state index contributed by atoms with van der Waals surface area (Å²) < 4.78 is 26.7. The van der Waals surface area contributed by atoms with Gasteiger partial charge in [-0.05, 0) is 26.2 Å². The number of guanidine groups is 1. The molecule has 0 radical (unpaired) electrons. The third-order valence-corrected chi connectivity index (χ3v) is 5.48. The summed E-state index contributed by atoms with van der Waals surface area (Å²) in [6, 6.07) is 0.111. The Morgan fingerprint density at radius 1 is 1.31 bits per heavy atom. The van der Waals surface area contributed by atoms with Crippen LogP contribution in [0.1, 0.15) is 57.8 Å². The number of aliphatic imine (C=N–C) groups is 1. The van der Waals surface area contributed by atoms with E-state index in [2.05, 4.69) is 20.6 Å². The Hall–Kier alpha value is -1.46. The molecule has 3 rings (SSSR count). The van der Waals surface area contributed by atoms with Crippen LogP contribution in [0.2, 0.25) is 0 Å². The highest BCUT2D eigenvalue weighted by molar-refractivity contribution is 14.0. The maximum Gasteiger partial charge on any atom is 0.319 e. The molecule has 1 saturated heterocycles. The van der Waals surface area contributed by atoms with Gasteiger partial charge in [0.25, 0.3) is 0 Å². The lowest BCUT2D eigenvalue weighted by Gasteiger charge is -2.26. The second-order valence-corrected chi connectivity index (χ2v) is 7.47. The zero-order valence-electron chi connectivity index (χ0n) is 16.8. The van der Waals surface area contributed by atoms with Gasteiger partial charge in [-0.3, -0.25) is 9.36 Å². The minimum atomic E-state index is -2.63. The van der Waals surface area contributed by atoms with E-state index in [9.17, 15) is 13.6 Å². The largest absolute Gasteiger partial charge is 0.357 e. The van der Waals surface area contributed by atoms with Gasteiger partial charge in [0, 0.05) is 44.0 Å². The summed E-state index contributed by atoms with van der Waals surface area (Å²) in [4.78, 5) is 23.0. The van der Waals surface area contributed by atoms with Crippen LogP contribution >= 0.6 is 24.0 Å². The first-order valence-corrected chi connectivity index (χ1v) is 10.2. The second kappa shape index (κ2) is 11.7. The molecule has 1 atom stereocenters. The van der Waals surface area contributed by atoms with Gasteiger partial charge in [0.2, 0.25) is 5.91 Å². The molecule has 1 aromatic heterocycles. The molecule has 0 aromatic carbocycles. The van der Waals surface area contributed by atoms with Crippen molar-refractivity contribution in [3.05, 3.63) is 18.2 Å². The van der Waals surface area contributed by atoms with Gasteiger partial charge in [-0.2, -0.15) is 8.78 Å². The van der Waals surface area contributed by atoms with Crippen LogP contribution in [0.15, 0.2) is 17.4 Å². The number of carbonyl (C=O) groups excluding carboxylic acids is 1. The summed E-state index contributed by atoms with van der Waals surface area (Å²) in [6.45, 7) is 1.45. The lowest BCUT2D eigenvalue weighted by molar-refractivity contribution is -0.135. The average Bonchev–Trinajstić information content (AvgIpc) is 3.36. The fraction of sp³-hybridized carbons (Fsp3) is 0.737. The van der Waals surface area contributed by atoms with Crippen LogP contribution in [0.25, 0.3) is 0 Å². The summed E-state index contributed by atoms with van der Waals surface area (Å²) in [5.74, 6) is 1.24. The van der Waals surface area contributed by atoms with Crippen LogP contribution in [-0.2, 0) is 11.3 Å². The van der Waals surface area contributed by atoms with Gasteiger partial charge in [0.1, 0.15) is 12.4 Å². The minimum Gasteiger partial charge on any atom is -0.357 e. The van der Waals surface area contributed by atoms with Gasteiger partial charge in [0.15, 0.2) is 5.96 Å². The molecular formula is C19H31F2IN6O. The molecule has 164 valence electrons. The van der Waals surface area contributed by atoms with E-state index in [-0.39, 0.29) is 54.2 Å². The van der Waals surface area contributed by atoms with Crippen LogP contribution in [0, 0.1) is 5.92 Å². The molecule has 2 heterocycles. The predicted molar refractivity (Wildman–Crippen MR) is 118 cm³/mol. The smallest absolute Gasteiger partial charge is 0.319 e. The number of carbonyl (C=O) groups is 1. The lowest BCUT2D eigenvalue weighted by atomic mass is 9.88. The fourth-order valence-electron chi connectivity index (χ4n) is 3.99. The van der Waals surface area contributed by atoms with E-state index in [1.54, 1.807) is 0 Å². The SMILES string of the molecule is CCNC(=NCc1nccn1C(F)F)NC1CCN(C(=O)C2CCCCC2)C1.I. The number of alkyl halides is 2. The Balaban J connectivity index is 0.00000300. The van der Waals surface area contributed by atoms with Crippen molar-refractivity contribution in [2.75, 3.05) is 19.6 Å². The molecule has 2 aliphatic rings. The number of nitrogens with zero attached hydrogens (tertiary/aromatic N) is 4. The van der Waals surface area contributed by atoms with Crippen molar-refractivity contribution >= 4 is 35.8 Å². The molecule has 1 aromatic rings. The first kappa shape index (κ1) is 23.8. The molecule has 2 fully saturated rings. The van der Waals surface area contributed by atoms with E-state index >= 15 is 0 Å². The number of rotatable bonds is 6. The molecule has 2 N–H and O–H groups in total. The molecule has 1 unspecified atom stereocenters. The molecule has 10 heteroatoms. The highest BCUT2D eigenvalue weighted by Crippen LogP contribution is 2.26. The van der Waals surface area contributed by atoms with Crippen molar-refractivity contribution in [1.82, 2.24) is 25.1 Å². The van der Waals surface area contributed by atoms with Crippen molar-refractivity contribution in [1.29, 1.82) is 0 Å². The topological polar surface area (TPSA) is 74.6 Å². The lowest BCUT2D eigenvalue weighted by Crippen LogP contribution is -2.45. The fourth-order valence-corrected chi connectivity index (χ4v) is 3.99. The van der Waals surface area contributed by atoms with Gasteiger partial charge >= 0.3 is 6.55 Å². The van der Waals surface area contributed by atoms with E-state index in [0.29, 0.717) is 19.0 Å². The zero-order valence-corrected chi connectivity index (χ0v) is 19.1. The molecule has 0 bridgehead atoms. The molecule has 7 nitrogen and oxygen atoms in total. The van der Waals surface area contributed by atoms with E-state index in [1.165, 1.54) is 18.8 Å². The standard InChI is InChI=1S/C19H30F2N6O.HI/c1-2-22-19(24-12-16-23-9-11-27(16)18(20)21)25-15-8-10-26(13-15)17(28)14-6-4-3-5-7-14;/h9,11,14-15,18H,2-8,10,12-13H2,1H3,(H2,22,24,25);1H. The van der Waals surface area contributed by atoms with Crippen molar-refractivity contribution in [3.8, 4) is 0 Å². The molecule has 1 aliphatic heterocycles. The minimum absolute atomic E-state index is 0. The van der Waals surface area contributed by atoms with Crippen LogP contribution in [0.4, 0.5) is 8.78 Å². The van der Waals surface area contributed by atoms with Gasteiger partial charge in [-0.25, -0.2) is 9.98 Å². The van der Waals surface area contributed by atoms with Gasteiger partial charge in [-0.15, -0.1) is 24.0 Å². The van der Waals surface area contributed by atoms with Crippen LogP contribution in [-0.4, -0.2) is 52.0 Å². The summed E-state index contributed by atoms with van der Waals surface area (Å²) in [5.41, 5.74) is 0. The number of aromatic nitrogens is 2. The van der Waals surface area contributed by atoms with E-state index in [0.717, 1.165) is 43.2 Å². The molecule has 1 aliphatic carbocycles. The summed E-state index contributed by atoms with van der Waals surface area (Å²) in [7, 11) is 0. The molecule has 1 saturated carbocycles. The van der Waals surface area contributed by atoms with Gasteiger partial charge in [0.05, 0.1) is 0 Å². The Kier molecular flexibility index (Phi) is 9.57. The van der Waals surface area contributed by atoms with Crippen LogP contribution in [0.5, 0.6) is 0 Å². The average molecular weight is 524 g/mol. The van der Waals surface area contributed by atoms with Crippen molar-refractivity contribution in [3.63, 3.8) is 0 Å². The first-order valence-electron chi connectivity index (χ1n) is 10.2. The number of hydrogen-bond acceptors (Lipinski definition) is 3. The van der Waals surface area contributed by atoms with Crippen molar-refractivity contribution < 1.29 is 13.6 Å². The molecular weight excluding hydrogens is 493 g/mol. The number of nitrogens with one attached hydrogen (secondary N) is 2. The number of likely N-dealkylation sites (tertiary alicyclic amines) is 1. The third-order valence-electron chi connectivity index (χ3n) is 5.48. The highest BCUT2D eigenvalue weighted by atomic mass is 127. The van der Waals surface area contributed by atoms with Crippen molar-refractivity contribution in [2.24, 2.45) is 10.9 Å². The van der Waals surface area contributed by atoms with Gasteiger partial charge in [-0.1, -0.05) is 19.3 Å². The number of amides is 1. The summed E-state index contributed by atoms with van der Waals surface area (Å²) in [6.07, 6.45) is 9.01. The van der Waals surface area contributed by atoms with Crippen LogP contribution in [0.3, 0.4) is 0 Å². The predicted octanol–water partition coefficient (Wildman–Crippen LogP) is 3.13. The van der Waals surface area contributed by atoms with E-state index in [1.807, 2.05) is 11.8 Å². The third kappa shape index (κ3) is 6.51. The van der Waals surface area contributed by atoms with Crippen LogP contribution < -0.4 is 10.6 Å². The highest BCUT2D eigenvalue weighted by Gasteiger charge is 2.31. The summed E-state index contributed by atoms with van der Waals surface area (Å²) >= 11 is 0. The quantitative estimate of drug-likeness (QED) is 0.341. The normalized spacial score (nSPS) is 20.6. The molecule has 1 amide bonds. The Labute approximate surface area is 187 Å². The van der Waals surface area contributed by atoms with Gasteiger partial charge < -0.3 is 15.5 Å². The summed E-state index contributed by atoms with van der Waals surface area (Å²) in [5, 5.41) is 6.48. The number of hydrogen-bond donors (Lipinski definition) is 2.